The Labute approximate surface area is 198 Å². The van der Waals surface area contributed by atoms with Crippen LogP contribution in [-0.2, 0) is 20.0 Å². The molecular formula is C22H26N2O8S2. The quantitative estimate of drug-likeness (QED) is 0.307. The van der Waals surface area contributed by atoms with Crippen LogP contribution in [0.2, 0.25) is 0 Å². The summed E-state index contributed by atoms with van der Waals surface area (Å²) in [6.07, 6.45) is 0.700. The number of ketones is 2. The van der Waals surface area contributed by atoms with Crippen LogP contribution in [0, 0.1) is 0 Å². The summed E-state index contributed by atoms with van der Waals surface area (Å²) >= 11 is 0. The van der Waals surface area contributed by atoms with Crippen molar-refractivity contribution in [1.82, 2.24) is 9.44 Å². The summed E-state index contributed by atoms with van der Waals surface area (Å²) < 4.78 is 55.3. The van der Waals surface area contributed by atoms with E-state index in [9.17, 15) is 36.6 Å². The third kappa shape index (κ3) is 4.97. The predicted molar refractivity (Wildman–Crippen MR) is 123 cm³/mol. The van der Waals surface area contributed by atoms with Crippen LogP contribution in [0.15, 0.2) is 46.2 Å². The predicted octanol–water partition coefficient (Wildman–Crippen LogP) is 0.560. The van der Waals surface area contributed by atoms with Crippen molar-refractivity contribution in [2.45, 2.75) is 48.6 Å². The lowest BCUT2D eigenvalue weighted by Crippen LogP contribution is -2.37. The van der Waals surface area contributed by atoms with Crippen molar-refractivity contribution in [2.24, 2.45) is 0 Å². The number of carbonyl (C=O) groups excluding carboxylic acids is 2. The highest BCUT2D eigenvalue weighted by molar-refractivity contribution is 7.89. The van der Waals surface area contributed by atoms with Crippen LogP contribution < -0.4 is 9.44 Å². The first-order valence-corrected chi connectivity index (χ1v) is 13.6. The van der Waals surface area contributed by atoms with Crippen molar-refractivity contribution in [1.29, 1.82) is 0 Å². The fourth-order valence-electron chi connectivity index (χ4n) is 3.52. The number of hydrogen-bond donors (Lipinski definition) is 4. The maximum Gasteiger partial charge on any atom is 0.240 e. The molecule has 184 valence electrons. The Morgan fingerprint density at radius 3 is 1.32 bits per heavy atom. The van der Waals surface area contributed by atoms with Gasteiger partial charge in [0, 0.05) is 34.3 Å². The van der Waals surface area contributed by atoms with Crippen LogP contribution in [0.25, 0.3) is 0 Å². The molecule has 0 saturated carbocycles. The van der Waals surface area contributed by atoms with Gasteiger partial charge in [-0.25, -0.2) is 26.3 Å². The fourth-order valence-corrected chi connectivity index (χ4v) is 6.19. The zero-order valence-electron chi connectivity index (χ0n) is 18.6. The van der Waals surface area contributed by atoms with Gasteiger partial charge in [0.05, 0.1) is 23.0 Å². The second-order valence-electron chi connectivity index (χ2n) is 7.89. The smallest absolute Gasteiger partial charge is 0.240 e. The van der Waals surface area contributed by atoms with Gasteiger partial charge in [0.25, 0.3) is 0 Å². The molecule has 0 radical (unpaired) electrons. The molecule has 0 aliphatic heterocycles. The van der Waals surface area contributed by atoms with Gasteiger partial charge < -0.3 is 10.2 Å². The summed E-state index contributed by atoms with van der Waals surface area (Å²) in [6.45, 7) is 2.60. The van der Waals surface area contributed by atoms with Crippen molar-refractivity contribution in [3.63, 3.8) is 0 Å². The Morgan fingerprint density at radius 1 is 0.676 bits per heavy atom. The molecule has 0 saturated heterocycles. The van der Waals surface area contributed by atoms with Crippen LogP contribution >= 0.6 is 0 Å². The first-order valence-electron chi connectivity index (χ1n) is 10.6. The summed E-state index contributed by atoms with van der Waals surface area (Å²) in [6, 6.07) is 5.58. The monoisotopic (exact) mass is 510 g/mol. The van der Waals surface area contributed by atoms with Gasteiger partial charge in [-0.1, -0.05) is 13.8 Å². The Hall–Kier alpha value is -2.48. The Balaban J connectivity index is 2.01. The number of aliphatic hydroxyl groups is 2. The van der Waals surface area contributed by atoms with E-state index in [2.05, 4.69) is 9.44 Å². The lowest BCUT2D eigenvalue weighted by Gasteiger charge is -2.20. The molecule has 4 N–H and O–H groups in total. The molecule has 0 unspecified atom stereocenters. The molecule has 34 heavy (non-hydrogen) atoms. The topological polar surface area (TPSA) is 167 Å². The van der Waals surface area contributed by atoms with Gasteiger partial charge in [-0.05, 0) is 49.2 Å². The lowest BCUT2D eigenvalue weighted by molar-refractivity contribution is 0.0978. The maximum atomic E-state index is 13.1. The minimum absolute atomic E-state index is 0.0463. The summed E-state index contributed by atoms with van der Waals surface area (Å²) in [7, 11) is -8.12. The van der Waals surface area contributed by atoms with E-state index in [0.29, 0.717) is 12.8 Å². The summed E-state index contributed by atoms with van der Waals surface area (Å²) in [4.78, 5) is 25.7. The van der Waals surface area contributed by atoms with Crippen LogP contribution in [0.1, 0.15) is 58.5 Å². The Morgan fingerprint density at radius 2 is 1.03 bits per heavy atom. The molecule has 2 atom stereocenters. The first-order chi connectivity index (χ1) is 16.0. The highest BCUT2D eigenvalue weighted by atomic mass is 32.2. The molecule has 0 spiro atoms. The molecule has 1 aliphatic rings. The van der Waals surface area contributed by atoms with Crippen LogP contribution in [-0.4, -0.2) is 63.9 Å². The standard InChI is InChI=1S/C22H26N2O8S2/c1-3-13(11-25)23-33(29,30)15-5-7-17-19(9-15)21(27)18-8-6-16(10-20(18)22(17)28)34(31,32)24-14(4-2)12-26/h5-10,13-14,23-26H,3-4,11-12H2,1-2H3/t13-,14+. The molecule has 3 rings (SSSR count). The van der Waals surface area contributed by atoms with E-state index in [1.54, 1.807) is 13.8 Å². The number of hydrogen-bond acceptors (Lipinski definition) is 8. The van der Waals surface area contributed by atoms with Crippen molar-refractivity contribution >= 4 is 31.6 Å². The van der Waals surface area contributed by atoms with Crippen molar-refractivity contribution in [2.75, 3.05) is 13.2 Å². The summed E-state index contributed by atoms with van der Waals surface area (Å²) in [5.74, 6) is -1.23. The van der Waals surface area contributed by atoms with Gasteiger partial charge >= 0.3 is 0 Å². The minimum Gasteiger partial charge on any atom is -0.395 e. The van der Waals surface area contributed by atoms with Crippen molar-refractivity contribution in [3.05, 3.63) is 58.7 Å². The molecule has 12 heteroatoms. The van der Waals surface area contributed by atoms with Crippen LogP contribution in [0.5, 0.6) is 0 Å². The molecule has 0 aromatic heterocycles. The fraction of sp³-hybridized carbons (Fsp3) is 0.364. The van der Waals surface area contributed by atoms with Crippen molar-refractivity contribution < 1.29 is 36.6 Å². The van der Waals surface area contributed by atoms with E-state index < -0.39 is 56.9 Å². The Bertz CT molecular complexity index is 1230. The zero-order valence-corrected chi connectivity index (χ0v) is 20.2. The second-order valence-corrected chi connectivity index (χ2v) is 11.3. The molecular weight excluding hydrogens is 484 g/mol. The van der Waals surface area contributed by atoms with E-state index in [1.165, 1.54) is 24.3 Å². The van der Waals surface area contributed by atoms with Gasteiger partial charge in [0.1, 0.15) is 0 Å². The SMILES string of the molecule is CC[C@H](CO)NS(=O)(=O)c1ccc2c(c1)C(=O)c1ccc(S(=O)(=O)N[C@@H](CC)CO)cc1C2=O. The minimum atomic E-state index is -4.06. The average molecular weight is 511 g/mol. The third-order valence-corrected chi connectivity index (χ3v) is 8.69. The molecule has 0 bridgehead atoms. The molecule has 1 aliphatic carbocycles. The number of nitrogens with one attached hydrogen (secondary N) is 2. The number of sulfonamides is 2. The number of fused-ring (bicyclic) bond motifs is 2. The molecule has 0 fully saturated rings. The Kier molecular flexibility index (Phi) is 7.70. The van der Waals surface area contributed by atoms with Crippen LogP contribution in [0.3, 0.4) is 0 Å². The van der Waals surface area contributed by atoms with E-state index in [0.717, 1.165) is 12.1 Å². The molecule has 0 amide bonds. The molecule has 10 nitrogen and oxygen atoms in total. The molecule has 0 heterocycles. The van der Waals surface area contributed by atoms with E-state index in [4.69, 9.17) is 0 Å². The largest absolute Gasteiger partial charge is 0.395 e. The van der Waals surface area contributed by atoms with Gasteiger partial charge in [0.15, 0.2) is 11.6 Å². The van der Waals surface area contributed by atoms with Gasteiger partial charge in [-0.2, -0.15) is 0 Å². The molecule has 2 aromatic carbocycles. The van der Waals surface area contributed by atoms with Crippen molar-refractivity contribution in [3.8, 4) is 0 Å². The maximum absolute atomic E-state index is 13.1. The highest BCUT2D eigenvalue weighted by Crippen LogP contribution is 2.30. The normalized spacial score (nSPS) is 15.5. The first kappa shape index (κ1) is 26.1. The van der Waals surface area contributed by atoms with E-state index in [1.807, 2.05) is 0 Å². The van der Waals surface area contributed by atoms with Gasteiger partial charge in [0.2, 0.25) is 20.0 Å². The number of benzene rings is 2. The van der Waals surface area contributed by atoms with Gasteiger partial charge in [-0.3, -0.25) is 9.59 Å². The van der Waals surface area contributed by atoms with Gasteiger partial charge in [-0.15, -0.1) is 0 Å². The highest BCUT2D eigenvalue weighted by Gasteiger charge is 2.33. The summed E-state index contributed by atoms with van der Waals surface area (Å²) in [5, 5.41) is 18.6. The molecule has 2 aromatic rings. The second kappa shape index (κ2) is 10.0. The number of carbonyl (C=O) groups is 2. The average Bonchev–Trinajstić information content (AvgIpc) is 2.83. The summed E-state index contributed by atoms with van der Waals surface area (Å²) in [5.41, 5.74) is -0.320. The van der Waals surface area contributed by atoms with E-state index >= 15 is 0 Å². The lowest BCUT2D eigenvalue weighted by atomic mass is 9.84. The number of rotatable bonds is 10. The number of aliphatic hydroxyl groups excluding tert-OH is 2. The van der Waals surface area contributed by atoms with E-state index in [-0.39, 0.29) is 32.0 Å². The van der Waals surface area contributed by atoms with Crippen LogP contribution in [0.4, 0.5) is 0 Å². The third-order valence-electron chi connectivity index (χ3n) is 5.65. The zero-order chi connectivity index (χ0) is 25.3.